The zero-order valence-corrected chi connectivity index (χ0v) is 15.9. The van der Waals surface area contributed by atoms with Crippen molar-refractivity contribution in [2.45, 2.75) is 36.6 Å². The zero-order chi connectivity index (χ0) is 19.0. The molecule has 0 spiro atoms. The van der Waals surface area contributed by atoms with Gasteiger partial charge in [-0.2, -0.15) is 0 Å². The average Bonchev–Trinajstić information content (AvgIpc) is 3.45. The van der Waals surface area contributed by atoms with Crippen LogP contribution in [-0.2, 0) is 10.0 Å². The number of primary sulfonamides is 1. The molecule has 2 heterocycles. The Balaban J connectivity index is 1.50. The lowest BCUT2D eigenvalue weighted by molar-refractivity contribution is 0.0906. The molecule has 2 aromatic rings. The molecule has 4 rings (SSSR count). The number of fused-ring (bicyclic) bond motifs is 1. The Labute approximate surface area is 159 Å². The summed E-state index contributed by atoms with van der Waals surface area (Å²) in [6, 6.07) is 6.41. The number of amides is 1. The van der Waals surface area contributed by atoms with E-state index in [1.165, 1.54) is 31.6 Å². The second-order valence-corrected chi connectivity index (χ2v) is 9.08. The van der Waals surface area contributed by atoms with Crippen LogP contribution in [0.3, 0.4) is 0 Å². The van der Waals surface area contributed by atoms with Crippen LogP contribution in [0.1, 0.15) is 36.2 Å². The predicted molar refractivity (Wildman–Crippen MR) is 103 cm³/mol. The van der Waals surface area contributed by atoms with Crippen LogP contribution < -0.4 is 10.5 Å². The van der Waals surface area contributed by atoms with Gasteiger partial charge in [-0.3, -0.25) is 9.78 Å². The Bertz CT molecular complexity index is 964. The fourth-order valence-electron chi connectivity index (χ4n) is 3.79. The van der Waals surface area contributed by atoms with Gasteiger partial charge >= 0.3 is 0 Å². The standard InChI is InChI=1S/C19H24N4O3S/c20-27(25,26)17-3-1-2-16-15(17)6-9-21-18(16)19(24)22-14-7-10-23(11-8-14)12-13-4-5-13/h1-3,6,9,13-14H,4-5,7-8,10-12H2,(H,22,24)(H2,20,25,26). The van der Waals surface area contributed by atoms with Gasteiger partial charge in [0.15, 0.2) is 0 Å². The summed E-state index contributed by atoms with van der Waals surface area (Å²) in [6.07, 6.45) is 6.00. The maximum atomic E-state index is 12.8. The molecule has 2 fully saturated rings. The van der Waals surface area contributed by atoms with Crippen LogP contribution in [0.2, 0.25) is 0 Å². The molecule has 2 aliphatic rings. The molecule has 1 amide bonds. The Hall–Kier alpha value is -2.03. The van der Waals surface area contributed by atoms with Gasteiger partial charge in [-0.05, 0) is 43.7 Å². The largest absolute Gasteiger partial charge is 0.348 e. The highest BCUT2D eigenvalue weighted by Gasteiger charge is 2.28. The summed E-state index contributed by atoms with van der Waals surface area (Å²) in [4.78, 5) is 19.5. The van der Waals surface area contributed by atoms with Gasteiger partial charge in [0.05, 0.1) is 4.90 Å². The molecule has 144 valence electrons. The summed E-state index contributed by atoms with van der Waals surface area (Å²) in [5.41, 5.74) is 0.235. The van der Waals surface area contributed by atoms with E-state index in [1.807, 2.05) is 0 Å². The molecule has 1 aliphatic heterocycles. The predicted octanol–water partition coefficient (Wildman–Crippen LogP) is 1.49. The van der Waals surface area contributed by atoms with Gasteiger partial charge in [-0.1, -0.05) is 12.1 Å². The van der Waals surface area contributed by atoms with Crippen LogP contribution in [0.4, 0.5) is 0 Å². The van der Waals surface area contributed by atoms with Crippen molar-refractivity contribution in [2.24, 2.45) is 11.1 Å². The van der Waals surface area contributed by atoms with Crippen molar-refractivity contribution in [3.8, 4) is 0 Å². The lowest BCUT2D eigenvalue weighted by atomic mass is 10.0. The fraction of sp³-hybridized carbons (Fsp3) is 0.474. The van der Waals surface area contributed by atoms with E-state index >= 15 is 0 Å². The number of hydrogen-bond donors (Lipinski definition) is 2. The van der Waals surface area contributed by atoms with Gasteiger partial charge in [-0.25, -0.2) is 13.6 Å². The van der Waals surface area contributed by atoms with E-state index in [4.69, 9.17) is 5.14 Å². The lowest BCUT2D eigenvalue weighted by Gasteiger charge is -2.32. The molecule has 7 nitrogen and oxygen atoms in total. The highest BCUT2D eigenvalue weighted by atomic mass is 32.2. The fourth-order valence-corrected chi connectivity index (χ4v) is 4.54. The molecule has 0 unspecified atom stereocenters. The molecule has 1 saturated heterocycles. The van der Waals surface area contributed by atoms with E-state index in [0.717, 1.165) is 31.8 Å². The average molecular weight is 388 g/mol. The third-order valence-electron chi connectivity index (χ3n) is 5.42. The number of rotatable bonds is 5. The molecule has 27 heavy (non-hydrogen) atoms. The number of sulfonamides is 1. The first-order chi connectivity index (χ1) is 12.9. The number of carbonyl (C=O) groups excluding carboxylic acids is 1. The van der Waals surface area contributed by atoms with Crippen molar-refractivity contribution in [3.63, 3.8) is 0 Å². The van der Waals surface area contributed by atoms with Crippen molar-refractivity contribution >= 4 is 26.7 Å². The third kappa shape index (κ3) is 4.12. The minimum Gasteiger partial charge on any atom is -0.348 e. The minimum absolute atomic E-state index is 0.00448. The first kappa shape index (κ1) is 18.3. The van der Waals surface area contributed by atoms with E-state index in [1.54, 1.807) is 18.2 Å². The summed E-state index contributed by atoms with van der Waals surface area (Å²) in [5, 5.41) is 9.27. The van der Waals surface area contributed by atoms with Gasteiger partial charge in [0.2, 0.25) is 10.0 Å². The molecule has 1 saturated carbocycles. The molecule has 3 N–H and O–H groups in total. The number of carbonyl (C=O) groups is 1. The lowest BCUT2D eigenvalue weighted by Crippen LogP contribution is -2.45. The van der Waals surface area contributed by atoms with Crippen molar-refractivity contribution < 1.29 is 13.2 Å². The summed E-state index contributed by atoms with van der Waals surface area (Å²) >= 11 is 0. The normalized spacial score (nSPS) is 19.3. The van der Waals surface area contributed by atoms with E-state index in [2.05, 4.69) is 15.2 Å². The molecule has 8 heteroatoms. The van der Waals surface area contributed by atoms with Crippen LogP contribution >= 0.6 is 0 Å². The van der Waals surface area contributed by atoms with Crippen molar-refractivity contribution in [2.75, 3.05) is 19.6 Å². The molecular formula is C19H24N4O3S. The van der Waals surface area contributed by atoms with E-state index in [9.17, 15) is 13.2 Å². The van der Waals surface area contributed by atoms with Crippen LogP contribution in [-0.4, -0.2) is 49.9 Å². The number of nitrogens with two attached hydrogens (primary N) is 1. The number of pyridine rings is 1. The topological polar surface area (TPSA) is 105 Å². The number of nitrogens with one attached hydrogen (secondary N) is 1. The number of likely N-dealkylation sites (tertiary alicyclic amines) is 1. The first-order valence-electron chi connectivity index (χ1n) is 9.35. The smallest absolute Gasteiger partial charge is 0.270 e. The van der Waals surface area contributed by atoms with Crippen LogP contribution in [0, 0.1) is 5.92 Å². The second kappa shape index (κ2) is 7.18. The van der Waals surface area contributed by atoms with Crippen LogP contribution in [0.15, 0.2) is 35.4 Å². The molecule has 1 aromatic carbocycles. The maximum Gasteiger partial charge on any atom is 0.270 e. The SMILES string of the molecule is NS(=O)(=O)c1cccc2c(C(=O)NC3CCN(CC4CC4)CC3)nccc12. The number of hydrogen-bond acceptors (Lipinski definition) is 5. The minimum atomic E-state index is -3.88. The molecule has 0 atom stereocenters. The van der Waals surface area contributed by atoms with Gasteiger partial charge in [0.25, 0.3) is 5.91 Å². The molecule has 0 bridgehead atoms. The highest BCUT2D eigenvalue weighted by molar-refractivity contribution is 7.89. The maximum absolute atomic E-state index is 12.8. The summed E-state index contributed by atoms with van der Waals surface area (Å²) in [5.74, 6) is 0.608. The van der Waals surface area contributed by atoms with Crippen LogP contribution in [0.5, 0.6) is 0 Å². The number of benzene rings is 1. The van der Waals surface area contributed by atoms with E-state index < -0.39 is 10.0 Å². The monoisotopic (exact) mass is 388 g/mol. The summed E-state index contributed by atoms with van der Waals surface area (Å²) < 4.78 is 23.6. The number of nitrogens with zero attached hydrogens (tertiary/aromatic N) is 2. The third-order valence-corrected chi connectivity index (χ3v) is 6.39. The second-order valence-electron chi connectivity index (χ2n) is 7.55. The van der Waals surface area contributed by atoms with Gasteiger partial charge in [0.1, 0.15) is 5.69 Å². The Morgan fingerprint density at radius 2 is 1.89 bits per heavy atom. The summed E-state index contributed by atoms with van der Waals surface area (Å²) in [7, 11) is -3.88. The summed E-state index contributed by atoms with van der Waals surface area (Å²) in [6.45, 7) is 3.18. The van der Waals surface area contributed by atoms with E-state index in [-0.39, 0.29) is 22.5 Å². The highest BCUT2D eigenvalue weighted by Crippen LogP contribution is 2.30. The molecule has 1 aliphatic carbocycles. The first-order valence-corrected chi connectivity index (χ1v) is 10.9. The van der Waals surface area contributed by atoms with E-state index in [0.29, 0.717) is 10.8 Å². The molecule has 0 radical (unpaired) electrons. The molecule has 1 aromatic heterocycles. The Morgan fingerprint density at radius 1 is 1.15 bits per heavy atom. The zero-order valence-electron chi connectivity index (χ0n) is 15.1. The Kier molecular flexibility index (Phi) is 4.88. The Morgan fingerprint density at radius 3 is 2.56 bits per heavy atom. The number of aromatic nitrogens is 1. The van der Waals surface area contributed by atoms with Crippen molar-refractivity contribution in [1.82, 2.24) is 15.2 Å². The van der Waals surface area contributed by atoms with Gasteiger partial charge in [0, 0.05) is 42.6 Å². The van der Waals surface area contributed by atoms with Gasteiger partial charge < -0.3 is 10.2 Å². The molecular weight excluding hydrogens is 364 g/mol. The number of piperidine rings is 1. The quantitative estimate of drug-likeness (QED) is 0.807. The van der Waals surface area contributed by atoms with Crippen LogP contribution in [0.25, 0.3) is 10.8 Å². The van der Waals surface area contributed by atoms with Crippen molar-refractivity contribution in [1.29, 1.82) is 0 Å². The van der Waals surface area contributed by atoms with Crippen molar-refractivity contribution in [3.05, 3.63) is 36.2 Å². The van der Waals surface area contributed by atoms with Gasteiger partial charge in [-0.15, -0.1) is 0 Å².